The van der Waals surface area contributed by atoms with E-state index in [-0.39, 0.29) is 5.71 Å². The van der Waals surface area contributed by atoms with E-state index in [0.29, 0.717) is 16.7 Å². The minimum Gasteiger partial charge on any atom is -0.313 e. The number of rotatable bonds is 6. The van der Waals surface area contributed by atoms with Crippen LogP contribution in [0.3, 0.4) is 0 Å². The van der Waals surface area contributed by atoms with Crippen LogP contribution in [0.2, 0.25) is 0 Å². The van der Waals surface area contributed by atoms with Gasteiger partial charge in [0.2, 0.25) is 0 Å². The van der Waals surface area contributed by atoms with Crippen LogP contribution in [-0.4, -0.2) is 23.9 Å². The summed E-state index contributed by atoms with van der Waals surface area (Å²) < 4.78 is 0. The highest BCUT2D eigenvalue weighted by Gasteiger charge is 2.09. The lowest BCUT2D eigenvalue weighted by Crippen LogP contribution is -2.09. The summed E-state index contributed by atoms with van der Waals surface area (Å²) in [6.07, 6.45) is 1.22. The van der Waals surface area contributed by atoms with Crippen molar-refractivity contribution in [2.24, 2.45) is 10.3 Å². The minimum absolute atomic E-state index is 0.228. The van der Waals surface area contributed by atoms with Gasteiger partial charge >= 0.3 is 11.9 Å². The molecule has 138 valence electrons. The summed E-state index contributed by atoms with van der Waals surface area (Å²) in [5, 5.41) is 7.54. The highest BCUT2D eigenvalue weighted by atomic mass is 16.7. The second-order valence-electron chi connectivity index (χ2n) is 5.57. The summed E-state index contributed by atoms with van der Waals surface area (Å²) in [6.45, 7) is 0. The lowest BCUT2D eigenvalue weighted by molar-refractivity contribution is 0.0504. The zero-order chi connectivity index (χ0) is 19.6. The molecule has 0 amide bonds. The predicted octanol–water partition coefficient (Wildman–Crippen LogP) is 4.09. The van der Waals surface area contributed by atoms with E-state index in [2.05, 4.69) is 10.3 Å². The molecule has 6 nitrogen and oxygen atoms in total. The van der Waals surface area contributed by atoms with Crippen LogP contribution < -0.4 is 0 Å². The Hall–Kier alpha value is -4.06. The van der Waals surface area contributed by atoms with E-state index < -0.39 is 11.9 Å². The van der Waals surface area contributed by atoms with Gasteiger partial charge < -0.3 is 9.68 Å². The van der Waals surface area contributed by atoms with Gasteiger partial charge in [-0.25, -0.2) is 9.59 Å². The smallest absolute Gasteiger partial charge is 0.313 e. The van der Waals surface area contributed by atoms with E-state index in [0.717, 1.165) is 0 Å². The Labute approximate surface area is 161 Å². The van der Waals surface area contributed by atoms with Crippen molar-refractivity contribution in [1.82, 2.24) is 0 Å². The molecule has 28 heavy (non-hydrogen) atoms. The lowest BCUT2D eigenvalue weighted by Gasteiger charge is -2.02. The van der Waals surface area contributed by atoms with E-state index in [1.54, 1.807) is 84.9 Å². The molecule has 3 rings (SSSR count). The average molecular weight is 372 g/mol. The summed E-state index contributed by atoms with van der Waals surface area (Å²) in [6, 6.07) is 25.9. The summed E-state index contributed by atoms with van der Waals surface area (Å²) in [4.78, 5) is 33.9. The SMILES string of the molecule is O=C(O/N=C\C(=N/OC(=O)c1ccccc1)c1ccccc1)c1ccccc1. The van der Waals surface area contributed by atoms with Gasteiger partial charge in [-0.05, 0) is 24.3 Å². The van der Waals surface area contributed by atoms with E-state index in [9.17, 15) is 9.59 Å². The second-order valence-corrected chi connectivity index (χ2v) is 5.57. The molecule has 3 aromatic rings. The number of hydrogen-bond acceptors (Lipinski definition) is 6. The molecule has 0 aromatic heterocycles. The molecule has 0 aliphatic rings. The van der Waals surface area contributed by atoms with Crippen molar-refractivity contribution < 1.29 is 19.3 Å². The third-order valence-corrected chi connectivity index (χ3v) is 3.63. The fourth-order valence-corrected chi connectivity index (χ4v) is 2.23. The molecule has 6 heteroatoms. The number of nitrogens with zero attached hydrogens (tertiary/aromatic N) is 2. The number of carbonyl (C=O) groups is 2. The molecular formula is C22H16N2O4. The van der Waals surface area contributed by atoms with Crippen molar-refractivity contribution in [1.29, 1.82) is 0 Å². The largest absolute Gasteiger partial charge is 0.365 e. The predicted molar refractivity (Wildman–Crippen MR) is 105 cm³/mol. The van der Waals surface area contributed by atoms with Crippen molar-refractivity contribution in [3.63, 3.8) is 0 Å². The van der Waals surface area contributed by atoms with E-state index in [1.165, 1.54) is 6.21 Å². The number of oxime groups is 2. The van der Waals surface area contributed by atoms with Crippen LogP contribution in [0.15, 0.2) is 101 Å². The molecule has 0 bridgehead atoms. The molecule has 0 radical (unpaired) electrons. The zero-order valence-electron chi connectivity index (χ0n) is 14.8. The second kappa shape index (κ2) is 9.59. The molecule has 0 aliphatic heterocycles. The molecule has 0 N–H and O–H groups in total. The fraction of sp³-hybridized carbons (Fsp3) is 0. The van der Waals surface area contributed by atoms with Crippen LogP contribution in [-0.2, 0) is 9.68 Å². The van der Waals surface area contributed by atoms with Crippen LogP contribution in [0.4, 0.5) is 0 Å². The van der Waals surface area contributed by atoms with E-state index in [4.69, 9.17) is 9.68 Å². The standard InChI is InChI=1S/C22H16N2O4/c25-21(18-12-6-2-7-13-18)27-23-16-20(17-10-4-1-5-11-17)24-28-22(26)19-14-8-3-9-15-19/h1-16H/b23-16-,24-20+. The first-order chi connectivity index (χ1) is 13.7. The Morgan fingerprint density at radius 3 is 1.54 bits per heavy atom. The summed E-state index contributed by atoms with van der Waals surface area (Å²) in [7, 11) is 0. The molecule has 0 saturated heterocycles. The van der Waals surface area contributed by atoms with Crippen molar-refractivity contribution in [2.75, 3.05) is 0 Å². The number of benzene rings is 3. The molecule has 0 saturated carbocycles. The Kier molecular flexibility index (Phi) is 6.41. The molecule has 0 aliphatic carbocycles. The number of carbonyl (C=O) groups excluding carboxylic acids is 2. The van der Waals surface area contributed by atoms with Gasteiger partial charge in [-0.1, -0.05) is 77.0 Å². The average Bonchev–Trinajstić information content (AvgIpc) is 2.77. The first-order valence-electron chi connectivity index (χ1n) is 8.43. The maximum absolute atomic E-state index is 12.1. The Balaban J connectivity index is 1.74. The number of hydrogen-bond donors (Lipinski definition) is 0. The van der Waals surface area contributed by atoms with Gasteiger partial charge in [0.1, 0.15) is 5.71 Å². The normalized spacial score (nSPS) is 11.2. The van der Waals surface area contributed by atoms with Crippen LogP contribution in [0.1, 0.15) is 26.3 Å². The maximum Gasteiger partial charge on any atom is 0.365 e. The minimum atomic E-state index is -0.608. The quantitative estimate of drug-likeness (QED) is 0.371. The highest BCUT2D eigenvalue weighted by molar-refractivity contribution is 6.38. The molecule has 0 heterocycles. The zero-order valence-corrected chi connectivity index (χ0v) is 14.8. The van der Waals surface area contributed by atoms with Gasteiger partial charge in [0.05, 0.1) is 17.3 Å². The highest BCUT2D eigenvalue weighted by Crippen LogP contribution is 2.05. The Morgan fingerprint density at radius 2 is 1.04 bits per heavy atom. The van der Waals surface area contributed by atoms with Gasteiger partial charge in [0.15, 0.2) is 0 Å². The van der Waals surface area contributed by atoms with Crippen LogP contribution in [0, 0.1) is 0 Å². The Bertz CT molecular complexity index is 985. The maximum atomic E-state index is 12.1. The third-order valence-electron chi connectivity index (χ3n) is 3.63. The van der Waals surface area contributed by atoms with Crippen LogP contribution >= 0.6 is 0 Å². The summed E-state index contributed by atoms with van der Waals surface area (Å²) in [5.74, 6) is -1.21. The van der Waals surface area contributed by atoms with Gasteiger partial charge in [-0.15, -0.1) is 0 Å². The van der Waals surface area contributed by atoms with Gasteiger partial charge in [-0.3, -0.25) is 0 Å². The van der Waals surface area contributed by atoms with E-state index >= 15 is 0 Å². The monoisotopic (exact) mass is 372 g/mol. The van der Waals surface area contributed by atoms with Crippen molar-refractivity contribution >= 4 is 23.9 Å². The molecule has 0 fully saturated rings. The summed E-state index contributed by atoms with van der Waals surface area (Å²) >= 11 is 0. The molecule has 0 unspecified atom stereocenters. The van der Waals surface area contributed by atoms with Gasteiger partial charge in [0.25, 0.3) is 0 Å². The first kappa shape index (κ1) is 18.7. The third kappa shape index (κ3) is 5.22. The molecule has 3 aromatic carbocycles. The van der Waals surface area contributed by atoms with Crippen LogP contribution in [0.5, 0.6) is 0 Å². The van der Waals surface area contributed by atoms with Crippen LogP contribution in [0.25, 0.3) is 0 Å². The summed E-state index contributed by atoms with van der Waals surface area (Å²) in [5.41, 5.74) is 1.60. The van der Waals surface area contributed by atoms with Gasteiger partial charge in [-0.2, -0.15) is 0 Å². The van der Waals surface area contributed by atoms with Crippen molar-refractivity contribution in [3.05, 3.63) is 108 Å². The Morgan fingerprint density at radius 1 is 0.607 bits per heavy atom. The van der Waals surface area contributed by atoms with Crippen molar-refractivity contribution in [2.45, 2.75) is 0 Å². The van der Waals surface area contributed by atoms with Gasteiger partial charge in [0, 0.05) is 5.56 Å². The topological polar surface area (TPSA) is 77.3 Å². The lowest BCUT2D eigenvalue weighted by atomic mass is 10.1. The molecular weight excluding hydrogens is 356 g/mol. The fourth-order valence-electron chi connectivity index (χ4n) is 2.23. The van der Waals surface area contributed by atoms with Crippen molar-refractivity contribution in [3.8, 4) is 0 Å². The first-order valence-corrected chi connectivity index (χ1v) is 8.43. The molecule has 0 spiro atoms. The molecule has 0 atom stereocenters. The van der Waals surface area contributed by atoms with E-state index in [1.807, 2.05) is 6.07 Å².